The van der Waals surface area contributed by atoms with Gasteiger partial charge in [-0.3, -0.25) is 13.9 Å². The molecule has 0 radical (unpaired) electrons. The standard InChI is InChI=1S/C20H22Cl3N3O4S/c1-13(20(28)24-2)25(11-14-7-9-15(21)10-8-14)18(27)12-26(31(3,29)30)17-6-4-5-16(22)19(17)23/h4-10,13H,11-12H2,1-3H3,(H,24,28)/t13-/m0/s1. The zero-order chi connectivity index (χ0) is 23.3. The van der Waals surface area contributed by atoms with E-state index < -0.39 is 34.4 Å². The highest BCUT2D eigenvalue weighted by atomic mass is 35.5. The van der Waals surface area contributed by atoms with Crippen LogP contribution in [0.25, 0.3) is 0 Å². The van der Waals surface area contributed by atoms with Gasteiger partial charge in [0.1, 0.15) is 12.6 Å². The molecule has 0 saturated heterocycles. The maximum atomic E-state index is 13.2. The second-order valence-corrected chi connectivity index (χ2v) is 9.91. The molecule has 168 valence electrons. The number of nitrogens with one attached hydrogen (secondary N) is 1. The fourth-order valence-corrected chi connectivity index (χ4v) is 4.29. The number of sulfonamides is 1. The minimum atomic E-state index is -3.89. The molecule has 11 heteroatoms. The van der Waals surface area contributed by atoms with Crippen LogP contribution < -0.4 is 9.62 Å². The summed E-state index contributed by atoms with van der Waals surface area (Å²) in [6, 6.07) is 10.4. The predicted octanol–water partition coefficient (Wildman–Crippen LogP) is 3.58. The number of carbonyl (C=O) groups is 2. The minimum Gasteiger partial charge on any atom is -0.357 e. The zero-order valence-corrected chi connectivity index (χ0v) is 20.2. The molecule has 2 amide bonds. The number of likely N-dealkylation sites (N-methyl/N-ethyl adjacent to an activating group) is 1. The Hall–Kier alpha value is -2.00. The quantitative estimate of drug-likeness (QED) is 0.593. The molecule has 31 heavy (non-hydrogen) atoms. The lowest BCUT2D eigenvalue weighted by molar-refractivity contribution is -0.139. The largest absolute Gasteiger partial charge is 0.357 e. The van der Waals surface area contributed by atoms with Crippen molar-refractivity contribution in [1.82, 2.24) is 10.2 Å². The van der Waals surface area contributed by atoms with Crippen LogP contribution in [-0.4, -0.2) is 51.0 Å². The van der Waals surface area contributed by atoms with Crippen molar-refractivity contribution in [2.45, 2.75) is 19.5 Å². The van der Waals surface area contributed by atoms with Crippen molar-refractivity contribution in [3.05, 3.63) is 63.1 Å². The fourth-order valence-electron chi connectivity index (χ4n) is 2.86. The molecule has 2 aromatic rings. The summed E-state index contributed by atoms with van der Waals surface area (Å²) in [4.78, 5) is 26.8. The molecule has 0 spiro atoms. The Labute approximate surface area is 196 Å². The third-order valence-corrected chi connectivity index (χ3v) is 6.75. The Kier molecular flexibility index (Phi) is 8.59. The monoisotopic (exact) mass is 505 g/mol. The first kappa shape index (κ1) is 25.3. The Morgan fingerprint density at radius 1 is 1.06 bits per heavy atom. The van der Waals surface area contributed by atoms with E-state index >= 15 is 0 Å². The first-order valence-electron chi connectivity index (χ1n) is 9.13. The van der Waals surface area contributed by atoms with Gasteiger partial charge in [-0.2, -0.15) is 0 Å². The van der Waals surface area contributed by atoms with Crippen molar-refractivity contribution in [2.75, 3.05) is 24.2 Å². The summed E-state index contributed by atoms with van der Waals surface area (Å²) in [5.74, 6) is -0.985. The van der Waals surface area contributed by atoms with Crippen LogP contribution in [0.5, 0.6) is 0 Å². The van der Waals surface area contributed by atoms with E-state index in [0.29, 0.717) is 5.02 Å². The van der Waals surface area contributed by atoms with Gasteiger partial charge in [-0.25, -0.2) is 8.42 Å². The maximum Gasteiger partial charge on any atom is 0.244 e. The molecule has 0 aliphatic rings. The van der Waals surface area contributed by atoms with Crippen molar-refractivity contribution in [3.8, 4) is 0 Å². The van der Waals surface area contributed by atoms with Gasteiger partial charge in [-0.1, -0.05) is 53.0 Å². The molecule has 1 N–H and O–H groups in total. The van der Waals surface area contributed by atoms with Crippen LogP contribution in [0.2, 0.25) is 15.1 Å². The van der Waals surface area contributed by atoms with Crippen LogP contribution >= 0.6 is 34.8 Å². The fraction of sp³-hybridized carbons (Fsp3) is 0.300. The molecule has 1 atom stereocenters. The Morgan fingerprint density at radius 2 is 1.68 bits per heavy atom. The molecule has 0 aliphatic heterocycles. The summed E-state index contributed by atoms with van der Waals surface area (Å²) in [5, 5.41) is 3.19. The molecular weight excluding hydrogens is 485 g/mol. The molecular formula is C20H22Cl3N3O4S. The van der Waals surface area contributed by atoms with E-state index in [4.69, 9.17) is 34.8 Å². The molecule has 0 aromatic heterocycles. The van der Waals surface area contributed by atoms with Gasteiger partial charge in [0.2, 0.25) is 21.8 Å². The van der Waals surface area contributed by atoms with Crippen LogP contribution in [0.1, 0.15) is 12.5 Å². The first-order chi connectivity index (χ1) is 14.5. The molecule has 7 nitrogen and oxygen atoms in total. The van der Waals surface area contributed by atoms with Crippen molar-refractivity contribution in [2.24, 2.45) is 0 Å². The molecule has 2 rings (SSSR count). The van der Waals surface area contributed by atoms with E-state index in [1.54, 1.807) is 31.2 Å². The summed E-state index contributed by atoms with van der Waals surface area (Å²) in [6.45, 7) is 1.07. The lowest BCUT2D eigenvalue weighted by Gasteiger charge is -2.31. The normalized spacial score (nSPS) is 12.2. The molecule has 0 fully saturated rings. The van der Waals surface area contributed by atoms with Gasteiger partial charge < -0.3 is 10.2 Å². The average Bonchev–Trinajstić information content (AvgIpc) is 2.71. The van der Waals surface area contributed by atoms with Gasteiger partial charge in [0.05, 0.1) is 22.0 Å². The Balaban J connectivity index is 2.42. The Bertz CT molecular complexity index is 1060. The topological polar surface area (TPSA) is 86.8 Å². The second-order valence-electron chi connectivity index (χ2n) is 6.78. The molecule has 0 saturated carbocycles. The van der Waals surface area contributed by atoms with Crippen molar-refractivity contribution >= 4 is 62.3 Å². The van der Waals surface area contributed by atoms with Crippen molar-refractivity contribution in [3.63, 3.8) is 0 Å². The van der Waals surface area contributed by atoms with E-state index in [-0.39, 0.29) is 22.3 Å². The van der Waals surface area contributed by atoms with E-state index in [1.165, 1.54) is 30.1 Å². The highest BCUT2D eigenvalue weighted by molar-refractivity contribution is 7.92. The number of nitrogens with zero attached hydrogens (tertiary/aromatic N) is 2. The summed E-state index contributed by atoms with van der Waals surface area (Å²) in [7, 11) is -2.43. The number of hydrogen-bond acceptors (Lipinski definition) is 4. The summed E-state index contributed by atoms with van der Waals surface area (Å²) in [6.07, 6.45) is 0.962. The number of carbonyl (C=O) groups excluding carboxylic acids is 2. The maximum absolute atomic E-state index is 13.2. The van der Waals surface area contributed by atoms with Crippen LogP contribution in [0.4, 0.5) is 5.69 Å². The number of hydrogen-bond donors (Lipinski definition) is 1. The van der Waals surface area contributed by atoms with Gasteiger partial charge in [-0.05, 0) is 36.8 Å². The molecule has 0 aliphatic carbocycles. The third-order valence-electron chi connectivity index (χ3n) is 4.56. The number of rotatable bonds is 8. The van der Waals surface area contributed by atoms with Gasteiger partial charge in [0, 0.05) is 18.6 Å². The Morgan fingerprint density at radius 3 is 2.23 bits per heavy atom. The highest BCUT2D eigenvalue weighted by Gasteiger charge is 2.30. The summed E-state index contributed by atoms with van der Waals surface area (Å²) >= 11 is 18.1. The van der Waals surface area contributed by atoms with Crippen LogP contribution in [0.3, 0.4) is 0 Å². The van der Waals surface area contributed by atoms with Crippen molar-refractivity contribution in [1.29, 1.82) is 0 Å². The SMILES string of the molecule is CNC(=O)[C@H](C)N(Cc1ccc(Cl)cc1)C(=O)CN(c1cccc(Cl)c1Cl)S(C)(=O)=O. The third kappa shape index (κ3) is 6.49. The van der Waals surface area contributed by atoms with Crippen LogP contribution in [-0.2, 0) is 26.2 Å². The summed E-state index contributed by atoms with van der Waals surface area (Å²) < 4.78 is 25.8. The number of amides is 2. The molecule has 0 unspecified atom stereocenters. The minimum absolute atomic E-state index is 0.00555. The van der Waals surface area contributed by atoms with Gasteiger partial charge in [0.15, 0.2) is 0 Å². The van der Waals surface area contributed by atoms with Gasteiger partial charge >= 0.3 is 0 Å². The first-order valence-corrected chi connectivity index (χ1v) is 12.1. The lowest BCUT2D eigenvalue weighted by Crippen LogP contribution is -2.50. The van der Waals surface area contributed by atoms with Crippen LogP contribution in [0, 0.1) is 0 Å². The van der Waals surface area contributed by atoms with Gasteiger partial charge in [-0.15, -0.1) is 0 Å². The number of anilines is 1. The van der Waals surface area contributed by atoms with E-state index in [2.05, 4.69) is 5.32 Å². The molecule has 0 bridgehead atoms. The second kappa shape index (κ2) is 10.5. The van der Waals surface area contributed by atoms with E-state index in [1.807, 2.05) is 0 Å². The predicted molar refractivity (Wildman–Crippen MR) is 124 cm³/mol. The summed E-state index contributed by atoms with van der Waals surface area (Å²) in [5.41, 5.74) is 0.796. The van der Waals surface area contributed by atoms with Gasteiger partial charge in [0.25, 0.3) is 0 Å². The number of benzene rings is 2. The molecule has 0 heterocycles. The van der Waals surface area contributed by atoms with Crippen molar-refractivity contribution < 1.29 is 18.0 Å². The van der Waals surface area contributed by atoms with E-state index in [9.17, 15) is 18.0 Å². The lowest BCUT2D eigenvalue weighted by atomic mass is 10.1. The zero-order valence-electron chi connectivity index (χ0n) is 17.1. The van der Waals surface area contributed by atoms with E-state index in [0.717, 1.165) is 16.1 Å². The number of halogens is 3. The highest BCUT2D eigenvalue weighted by Crippen LogP contribution is 2.33. The molecule has 2 aromatic carbocycles. The smallest absolute Gasteiger partial charge is 0.244 e. The average molecular weight is 507 g/mol. The van der Waals surface area contributed by atoms with Crippen LogP contribution in [0.15, 0.2) is 42.5 Å².